The average molecular weight is 552 g/mol. The van der Waals surface area contributed by atoms with E-state index in [4.69, 9.17) is 5.10 Å². The molecule has 1 saturated carbocycles. The number of aryl methyl sites for hydroxylation is 1. The fourth-order valence-corrected chi connectivity index (χ4v) is 5.74. The molecule has 8 nitrogen and oxygen atoms in total. The largest absolute Gasteiger partial charge is 0.451 e. The van der Waals surface area contributed by atoms with Gasteiger partial charge in [0.1, 0.15) is 0 Å². The fraction of sp³-hybridized carbons (Fsp3) is 0.448. The number of carbonyl (C=O) groups excluding carboxylic acids is 1. The summed E-state index contributed by atoms with van der Waals surface area (Å²) in [6, 6.07) is 17.0. The molecule has 2 aromatic carbocycles. The number of alkyl halides is 3. The van der Waals surface area contributed by atoms with Gasteiger partial charge in [0.25, 0.3) is 0 Å². The van der Waals surface area contributed by atoms with E-state index in [0.29, 0.717) is 32.1 Å². The molecular formula is C29H32F3N7O. The number of anilines is 1. The lowest BCUT2D eigenvalue weighted by atomic mass is 9.93. The van der Waals surface area contributed by atoms with E-state index in [9.17, 15) is 18.0 Å². The first-order valence-corrected chi connectivity index (χ1v) is 13.9. The second kappa shape index (κ2) is 10.7. The number of piperazine rings is 1. The molecule has 3 heterocycles. The van der Waals surface area contributed by atoms with Crippen LogP contribution in [0.15, 0.2) is 48.5 Å². The van der Waals surface area contributed by atoms with Crippen molar-refractivity contribution in [3.63, 3.8) is 0 Å². The molecule has 1 N–H and O–H groups in total. The molecule has 0 unspecified atom stereocenters. The Bertz CT molecular complexity index is 1490. The summed E-state index contributed by atoms with van der Waals surface area (Å²) in [6.07, 6.45) is 0.461. The van der Waals surface area contributed by atoms with Crippen molar-refractivity contribution in [2.75, 3.05) is 31.1 Å². The number of carbonyl (C=O) groups is 1. The summed E-state index contributed by atoms with van der Waals surface area (Å²) >= 11 is 0. The number of ketones is 1. The predicted molar refractivity (Wildman–Crippen MR) is 145 cm³/mol. The van der Waals surface area contributed by atoms with Crippen LogP contribution in [0, 0.1) is 0 Å². The van der Waals surface area contributed by atoms with Gasteiger partial charge in [-0.3, -0.25) is 19.5 Å². The minimum Gasteiger partial charge on any atom is -0.369 e. The molecule has 6 rings (SSSR count). The van der Waals surface area contributed by atoms with Crippen molar-refractivity contribution < 1.29 is 18.0 Å². The van der Waals surface area contributed by atoms with E-state index >= 15 is 0 Å². The molecule has 2 fully saturated rings. The third-order valence-electron chi connectivity index (χ3n) is 8.16. The number of nitrogens with zero attached hydrogens (tertiary/aromatic N) is 6. The Morgan fingerprint density at radius 1 is 1.10 bits per heavy atom. The standard InChI is InChI=1S/C29H32F3N7O/c1-2-24-23-12-11-21(16-25(23)39(36-24)20-9-6-10-20)37-13-14-38(22(17-37)15-19-7-4-3-5-8-19)18-26(40)27-33-28(35-34-27)29(30,31)32/h3-5,7-8,11-12,16,20,22H,2,6,9-10,13-15,17-18H2,1H3,(H,33,34,35)/t22-/m0/s1. The van der Waals surface area contributed by atoms with Gasteiger partial charge in [-0.05, 0) is 55.9 Å². The van der Waals surface area contributed by atoms with E-state index < -0.39 is 23.6 Å². The first-order valence-electron chi connectivity index (χ1n) is 13.9. The highest BCUT2D eigenvalue weighted by Gasteiger charge is 2.37. The lowest BCUT2D eigenvalue weighted by Gasteiger charge is -2.42. The van der Waals surface area contributed by atoms with Crippen molar-refractivity contribution >= 4 is 22.4 Å². The number of hydrogen-bond donors (Lipinski definition) is 1. The minimum atomic E-state index is -4.68. The molecule has 4 aromatic rings. The Balaban J connectivity index is 1.25. The van der Waals surface area contributed by atoms with E-state index in [1.807, 2.05) is 28.2 Å². The monoisotopic (exact) mass is 551 g/mol. The van der Waals surface area contributed by atoms with Crippen LogP contribution < -0.4 is 4.90 Å². The highest BCUT2D eigenvalue weighted by Crippen LogP contribution is 2.36. The van der Waals surface area contributed by atoms with Gasteiger partial charge in [0.15, 0.2) is 0 Å². The Morgan fingerprint density at radius 3 is 2.58 bits per heavy atom. The van der Waals surface area contributed by atoms with E-state index in [-0.39, 0.29) is 12.6 Å². The molecule has 2 aromatic heterocycles. The molecule has 1 aliphatic carbocycles. The van der Waals surface area contributed by atoms with Gasteiger partial charge in [-0.15, -0.1) is 5.10 Å². The van der Waals surface area contributed by atoms with Crippen molar-refractivity contribution in [3.05, 3.63) is 71.4 Å². The highest BCUT2D eigenvalue weighted by atomic mass is 19.4. The Hall–Kier alpha value is -3.73. The van der Waals surface area contributed by atoms with Gasteiger partial charge in [0.2, 0.25) is 17.4 Å². The average Bonchev–Trinajstić information content (AvgIpc) is 3.55. The normalized spacial score (nSPS) is 18.8. The lowest BCUT2D eigenvalue weighted by molar-refractivity contribution is -0.144. The Kier molecular flexibility index (Phi) is 7.07. The number of aromatic nitrogens is 5. The van der Waals surface area contributed by atoms with Crippen molar-refractivity contribution in [1.29, 1.82) is 0 Å². The smallest absolute Gasteiger partial charge is 0.369 e. The SMILES string of the molecule is CCc1nn(C2CCC2)c2cc(N3CCN(CC(=O)c4n[nH]c(C(F)(F)F)n4)[C@@H](Cc4ccccc4)C3)ccc12. The first-order chi connectivity index (χ1) is 19.3. The number of fused-ring (bicyclic) bond motifs is 1. The van der Waals surface area contributed by atoms with Crippen LogP contribution in [0.25, 0.3) is 10.9 Å². The Morgan fingerprint density at radius 2 is 1.90 bits per heavy atom. The van der Waals surface area contributed by atoms with Gasteiger partial charge < -0.3 is 4.90 Å². The maximum atomic E-state index is 13.0. The fourth-order valence-electron chi connectivity index (χ4n) is 5.74. The van der Waals surface area contributed by atoms with Gasteiger partial charge in [-0.25, -0.2) is 4.98 Å². The van der Waals surface area contributed by atoms with Crippen molar-refractivity contribution in [3.8, 4) is 0 Å². The summed E-state index contributed by atoms with van der Waals surface area (Å²) in [4.78, 5) is 20.7. The lowest BCUT2D eigenvalue weighted by Crippen LogP contribution is -2.55. The van der Waals surface area contributed by atoms with Crippen LogP contribution in [-0.4, -0.2) is 67.9 Å². The van der Waals surface area contributed by atoms with Crippen LogP contribution in [0.2, 0.25) is 0 Å². The van der Waals surface area contributed by atoms with Crippen molar-refractivity contribution in [2.45, 2.75) is 57.3 Å². The zero-order valence-electron chi connectivity index (χ0n) is 22.4. The molecule has 0 radical (unpaired) electrons. The first kappa shape index (κ1) is 26.5. The molecule has 0 spiro atoms. The quantitative estimate of drug-likeness (QED) is 0.308. The predicted octanol–water partition coefficient (Wildman–Crippen LogP) is 5.08. The molecule has 40 heavy (non-hydrogen) atoms. The number of benzene rings is 2. The number of nitrogens with one attached hydrogen (secondary N) is 1. The second-order valence-electron chi connectivity index (χ2n) is 10.7. The number of halogens is 3. The summed E-state index contributed by atoms with van der Waals surface area (Å²) in [7, 11) is 0. The maximum Gasteiger partial charge on any atom is 0.451 e. The number of hydrogen-bond acceptors (Lipinski definition) is 6. The van der Waals surface area contributed by atoms with E-state index in [0.717, 1.165) is 36.2 Å². The molecule has 2 aliphatic rings. The summed E-state index contributed by atoms with van der Waals surface area (Å²) in [5.74, 6) is -2.23. The van der Waals surface area contributed by atoms with Crippen LogP contribution in [0.5, 0.6) is 0 Å². The highest BCUT2D eigenvalue weighted by molar-refractivity contribution is 5.94. The molecular weight excluding hydrogens is 519 g/mol. The molecule has 210 valence electrons. The second-order valence-corrected chi connectivity index (χ2v) is 10.7. The summed E-state index contributed by atoms with van der Waals surface area (Å²) in [5.41, 5.74) is 4.54. The molecule has 0 amide bonds. The third kappa shape index (κ3) is 5.22. The van der Waals surface area contributed by atoms with Gasteiger partial charge >= 0.3 is 6.18 Å². The van der Waals surface area contributed by atoms with Gasteiger partial charge in [-0.1, -0.05) is 37.3 Å². The third-order valence-corrected chi connectivity index (χ3v) is 8.16. The summed E-state index contributed by atoms with van der Waals surface area (Å²) in [6.45, 7) is 4.03. The van der Waals surface area contributed by atoms with Gasteiger partial charge in [0, 0.05) is 36.7 Å². The van der Waals surface area contributed by atoms with Crippen LogP contribution in [0.3, 0.4) is 0 Å². The number of Topliss-reactive ketones (excluding diaryl/α,β-unsaturated/α-hetero) is 1. The van der Waals surface area contributed by atoms with Crippen LogP contribution in [0.4, 0.5) is 18.9 Å². The number of rotatable bonds is 8. The van der Waals surface area contributed by atoms with E-state index in [1.165, 1.54) is 17.3 Å². The van der Waals surface area contributed by atoms with Crippen molar-refractivity contribution in [2.24, 2.45) is 0 Å². The van der Waals surface area contributed by atoms with Crippen molar-refractivity contribution in [1.82, 2.24) is 29.9 Å². The topological polar surface area (TPSA) is 82.9 Å². The minimum absolute atomic E-state index is 0.0282. The molecule has 1 atom stereocenters. The number of H-pyrrole nitrogens is 1. The molecule has 1 saturated heterocycles. The van der Waals surface area contributed by atoms with Crippen LogP contribution in [0.1, 0.15) is 59.9 Å². The van der Waals surface area contributed by atoms with E-state index in [1.54, 1.807) is 0 Å². The number of aromatic amines is 1. The summed E-state index contributed by atoms with van der Waals surface area (Å²) < 4.78 is 41.1. The molecule has 1 aliphatic heterocycles. The zero-order chi connectivity index (χ0) is 27.9. The summed E-state index contributed by atoms with van der Waals surface area (Å²) in [5, 5.41) is 11.5. The Labute approximate surface area is 230 Å². The van der Waals surface area contributed by atoms with Crippen LogP contribution >= 0.6 is 0 Å². The van der Waals surface area contributed by atoms with E-state index in [2.05, 4.69) is 56.9 Å². The maximum absolute atomic E-state index is 13.0. The molecule has 0 bridgehead atoms. The van der Waals surface area contributed by atoms with Gasteiger partial charge in [0.05, 0.1) is 23.8 Å². The van der Waals surface area contributed by atoms with Crippen LogP contribution in [-0.2, 0) is 19.0 Å². The molecule has 11 heteroatoms. The zero-order valence-corrected chi connectivity index (χ0v) is 22.4. The van der Waals surface area contributed by atoms with Gasteiger partial charge in [-0.2, -0.15) is 18.3 Å².